The molecule has 0 aliphatic rings. The number of hydrogen-bond acceptors (Lipinski definition) is 4. The second-order valence-electron chi connectivity index (χ2n) is 10.1. The third-order valence-electron chi connectivity index (χ3n) is 5.67. The molecule has 1 aromatic heterocycles. The Balaban J connectivity index is 1.35. The maximum absolute atomic E-state index is 12.5. The van der Waals surface area contributed by atoms with Crippen LogP contribution in [0.25, 0.3) is 10.9 Å². The summed E-state index contributed by atoms with van der Waals surface area (Å²) >= 11 is 0. The normalized spacial score (nSPS) is 11.7. The van der Waals surface area contributed by atoms with E-state index in [-0.39, 0.29) is 5.91 Å². The summed E-state index contributed by atoms with van der Waals surface area (Å²) in [6.07, 6.45) is 2.72. The molecule has 0 unspecified atom stereocenters. The third-order valence-corrected chi connectivity index (χ3v) is 5.67. The van der Waals surface area contributed by atoms with E-state index in [4.69, 9.17) is 4.84 Å². The van der Waals surface area contributed by atoms with Gasteiger partial charge in [-0.3, -0.25) is 14.4 Å². The molecule has 7 heteroatoms. The van der Waals surface area contributed by atoms with E-state index in [0.29, 0.717) is 18.7 Å². The number of carbonyl (C=O) groups is 2. The van der Waals surface area contributed by atoms with Crippen molar-refractivity contribution in [2.24, 2.45) is 0 Å². The first-order chi connectivity index (χ1) is 16.6. The van der Waals surface area contributed by atoms with E-state index >= 15 is 0 Å². The highest BCUT2D eigenvalue weighted by Crippen LogP contribution is 2.17. The van der Waals surface area contributed by atoms with Gasteiger partial charge in [0.2, 0.25) is 6.41 Å². The number of nitrogens with zero attached hydrogens (tertiary/aromatic N) is 2. The molecule has 0 fully saturated rings. The van der Waals surface area contributed by atoms with Crippen LogP contribution in [-0.4, -0.2) is 59.5 Å². The number of carbonyl (C=O) groups excluding carboxylic acids is 2. The zero-order valence-electron chi connectivity index (χ0n) is 21.6. The fourth-order valence-corrected chi connectivity index (χ4v) is 3.98. The Bertz CT molecular complexity index is 1120. The van der Waals surface area contributed by atoms with Gasteiger partial charge in [0.05, 0.1) is 12.1 Å². The second kappa shape index (κ2) is 12.0. The average molecular weight is 479 g/mol. The van der Waals surface area contributed by atoms with E-state index in [1.54, 1.807) is 0 Å². The lowest BCUT2D eigenvalue weighted by atomic mass is 10.1. The molecule has 3 aromatic rings. The standard InChI is InChI=1S/C28H38N4O3/c1-21-17-25-18-24(12-13-26(25)30-21)27(34)29-14-16-31(5)15-6-7-22-8-10-23(11-9-22)19-32(20-33)35-28(2,3)4/h8-13,17-18,20,30H,6-7,14-16,19H2,1-5H3,(H,29,34). The highest BCUT2D eigenvalue weighted by molar-refractivity contribution is 5.98. The quantitative estimate of drug-likeness (QED) is 0.298. The highest BCUT2D eigenvalue weighted by Gasteiger charge is 2.16. The van der Waals surface area contributed by atoms with E-state index < -0.39 is 5.60 Å². The molecule has 0 atom stereocenters. The van der Waals surface area contributed by atoms with Crippen LogP contribution in [0.3, 0.4) is 0 Å². The minimum absolute atomic E-state index is 0.0414. The van der Waals surface area contributed by atoms with E-state index in [1.165, 1.54) is 10.6 Å². The fourth-order valence-electron chi connectivity index (χ4n) is 3.98. The van der Waals surface area contributed by atoms with Gasteiger partial charge >= 0.3 is 0 Å². The Hall–Kier alpha value is -3.16. The molecule has 0 spiro atoms. The first kappa shape index (κ1) is 26.4. The average Bonchev–Trinajstić information content (AvgIpc) is 3.18. The van der Waals surface area contributed by atoms with E-state index in [9.17, 15) is 9.59 Å². The summed E-state index contributed by atoms with van der Waals surface area (Å²) in [6, 6.07) is 16.1. The molecule has 0 bridgehead atoms. The molecule has 2 N–H and O–H groups in total. The van der Waals surface area contributed by atoms with Gasteiger partial charge in [0, 0.05) is 35.2 Å². The topological polar surface area (TPSA) is 77.7 Å². The maximum atomic E-state index is 12.5. The Morgan fingerprint density at radius 2 is 1.77 bits per heavy atom. The zero-order chi connectivity index (χ0) is 25.4. The van der Waals surface area contributed by atoms with E-state index in [0.717, 1.165) is 54.5 Å². The number of H-pyrrole nitrogens is 1. The number of fused-ring (bicyclic) bond motifs is 1. The molecule has 1 heterocycles. The van der Waals surface area contributed by atoms with Crippen molar-refractivity contribution < 1.29 is 14.4 Å². The van der Waals surface area contributed by atoms with Crippen LogP contribution >= 0.6 is 0 Å². The first-order valence-corrected chi connectivity index (χ1v) is 12.2. The van der Waals surface area contributed by atoms with Crippen LogP contribution in [0.4, 0.5) is 0 Å². The number of likely N-dealkylation sites (N-methyl/N-ethyl adjacent to an activating group) is 1. The summed E-state index contributed by atoms with van der Waals surface area (Å²) in [5.74, 6) is -0.0414. The van der Waals surface area contributed by atoms with Crippen LogP contribution in [0.1, 0.15) is 54.4 Å². The van der Waals surface area contributed by atoms with Gasteiger partial charge in [0.15, 0.2) is 0 Å². The smallest absolute Gasteiger partial charge is 0.251 e. The van der Waals surface area contributed by atoms with Crippen LogP contribution in [0.2, 0.25) is 0 Å². The van der Waals surface area contributed by atoms with Crippen LogP contribution < -0.4 is 5.32 Å². The number of hydroxylamine groups is 2. The van der Waals surface area contributed by atoms with Crippen LogP contribution in [0.5, 0.6) is 0 Å². The molecule has 2 amide bonds. The Labute approximate surface area is 208 Å². The number of aryl methyl sites for hydroxylation is 2. The predicted octanol–water partition coefficient (Wildman–Crippen LogP) is 4.46. The molecular weight excluding hydrogens is 440 g/mol. The van der Waals surface area contributed by atoms with Crippen molar-refractivity contribution in [2.75, 3.05) is 26.7 Å². The van der Waals surface area contributed by atoms with Gasteiger partial charge in [0.1, 0.15) is 0 Å². The lowest BCUT2D eigenvalue weighted by molar-refractivity contribution is -0.220. The lowest BCUT2D eigenvalue weighted by Crippen LogP contribution is -2.33. The number of hydrogen-bond donors (Lipinski definition) is 2. The molecule has 0 radical (unpaired) electrons. The summed E-state index contributed by atoms with van der Waals surface area (Å²) in [4.78, 5) is 34.9. The van der Waals surface area contributed by atoms with Crippen molar-refractivity contribution >= 4 is 23.2 Å². The van der Waals surface area contributed by atoms with Crippen LogP contribution in [0, 0.1) is 6.92 Å². The second-order valence-corrected chi connectivity index (χ2v) is 10.1. The largest absolute Gasteiger partial charge is 0.359 e. The van der Waals surface area contributed by atoms with E-state index in [2.05, 4.69) is 40.4 Å². The molecule has 0 aliphatic carbocycles. The summed E-state index contributed by atoms with van der Waals surface area (Å²) in [5, 5.41) is 5.41. The summed E-state index contributed by atoms with van der Waals surface area (Å²) in [7, 11) is 2.08. The third kappa shape index (κ3) is 8.53. The lowest BCUT2D eigenvalue weighted by Gasteiger charge is -2.26. The Morgan fingerprint density at radius 3 is 2.46 bits per heavy atom. The summed E-state index contributed by atoms with van der Waals surface area (Å²) in [6.45, 7) is 10.5. The van der Waals surface area contributed by atoms with Crippen molar-refractivity contribution in [2.45, 2.75) is 52.7 Å². The van der Waals surface area contributed by atoms with Gasteiger partial charge in [-0.15, -0.1) is 0 Å². The highest BCUT2D eigenvalue weighted by atomic mass is 16.7. The van der Waals surface area contributed by atoms with Crippen molar-refractivity contribution in [1.29, 1.82) is 0 Å². The monoisotopic (exact) mass is 478 g/mol. The van der Waals surface area contributed by atoms with Gasteiger partial charge in [-0.1, -0.05) is 24.3 Å². The molecule has 0 saturated carbocycles. The number of aromatic amines is 1. The van der Waals surface area contributed by atoms with Crippen LogP contribution in [-0.2, 0) is 22.6 Å². The molecule has 0 saturated heterocycles. The summed E-state index contributed by atoms with van der Waals surface area (Å²) < 4.78 is 0. The van der Waals surface area contributed by atoms with Crippen molar-refractivity contribution in [3.05, 3.63) is 70.9 Å². The minimum Gasteiger partial charge on any atom is -0.359 e. The fraction of sp³-hybridized carbons (Fsp3) is 0.429. The van der Waals surface area contributed by atoms with Gasteiger partial charge in [-0.05, 0) is 89.5 Å². The minimum atomic E-state index is -0.411. The number of nitrogens with one attached hydrogen (secondary N) is 2. The molecule has 3 rings (SSSR count). The van der Waals surface area contributed by atoms with Crippen molar-refractivity contribution in [1.82, 2.24) is 20.3 Å². The number of aromatic nitrogens is 1. The number of rotatable bonds is 12. The number of amides is 2. The molecular formula is C28H38N4O3. The molecule has 188 valence electrons. The van der Waals surface area contributed by atoms with Gasteiger partial charge in [0.25, 0.3) is 5.91 Å². The van der Waals surface area contributed by atoms with Crippen molar-refractivity contribution in [3.63, 3.8) is 0 Å². The van der Waals surface area contributed by atoms with Crippen LogP contribution in [0.15, 0.2) is 48.5 Å². The van der Waals surface area contributed by atoms with Gasteiger partial charge < -0.3 is 15.2 Å². The van der Waals surface area contributed by atoms with Gasteiger partial charge in [-0.25, -0.2) is 5.06 Å². The Morgan fingerprint density at radius 1 is 1.06 bits per heavy atom. The SMILES string of the molecule is Cc1cc2cc(C(=O)NCCN(C)CCCc3ccc(CN(C=O)OC(C)(C)C)cc3)ccc2[nH]1. The molecule has 2 aromatic carbocycles. The number of benzene rings is 2. The molecule has 7 nitrogen and oxygen atoms in total. The predicted molar refractivity (Wildman–Crippen MR) is 140 cm³/mol. The summed E-state index contributed by atoms with van der Waals surface area (Å²) in [5.41, 5.74) is 4.70. The van der Waals surface area contributed by atoms with E-state index in [1.807, 2.05) is 58.0 Å². The maximum Gasteiger partial charge on any atom is 0.251 e. The zero-order valence-corrected chi connectivity index (χ0v) is 21.6. The van der Waals surface area contributed by atoms with Crippen molar-refractivity contribution in [3.8, 4) is 0 Å². The Kier molecular flexibility index (Phi) is 9.07. The molecule has 0 aliphatic heterocycles. The van der Waals surface area contributed by atoms with Gasteiger partial charge in [-0.2, -0.15) is 0 Å². The first-order valence-electron chi connectivity index (χ1n) is 12.2. The molecule has 35 heavy (non-hydrogen) atoms.